The number of likely N-dealkylation sites (tertiary alicyclic amines) is 1. The van der Waals surface area contributed by atoms with Crippen molar-refractivity contribution in [2.75, 3.05) is 26.2 Å². The average molecular weight is 332 g/mol. The molecule has 2 rings (SSSR count). The van der Waals surface area contributed by atoms with E-state index in [9.17, 15) is 4.79 Å². The predicted octanol–water partition coefficient (Wildman–Crippen LogP) is 3.49. The second kappa shape index (κ2) is 9.07. The number of aryl methyl sites for hydroxylation is 1. The van der Waals surface area contributed by atoms with Crippen LogP contribution >= 0.6 is 0 Å². The molecule has 0 atom stereocenters. The van der Waals surface area contributed by atoms with Gasteiger partial charge in [0, 0.05) is 19.1 Å². The minimum absolute atomic E-state index is 0.0155. The standard InChI is InChI=1S/C20H32N2O2/c1-5-10-22-11-8-18(9-12-22)21-20(23)14-24-19-13-17(15(2)3)7-6-16(19)4/h6-7,13,15,18H,5,8-12,14H2,1-4H3,(H,21,23). The van der Waals surface area contributed by atoms with Crippen LogP contribution in [0.15, 0.2) is 18.2 Å². The summed E-state index contributed by atoms with van der Waals surface area (Å²) in [6.45, 7) is 12.0. The van der Waals surface area contributed by atoms with Crippen molar-refractivity contribution < 1.29 is 9.53 Å². The third kappa shape index (κ3) is 5.52. The third-order valence-corrected chi connectivity index (χ3v) is 4.73. The fourth-order valence-electron chi connectivity index (χ4n) is 3.16. The summed E-state index contributed by atoms with van der Waals surface area (Å²) in [5, 5.41) is 3.12. The Labute approximate surface area is 146 Å². The summed E-state index contributed by atoms with van der Waals surface area (Å²) in [6, 6.07) is 6.52. The first kappa shape index (κ1) is 18.8. The van der Waals surface area contributed by atoms with E-state index in [0.29, 0.717) is 5.92 Å². The van der Waals surface area contributed by atoms with E-state index in [-0.39, 0.29) is 18.6 Å². The van der Waals surface area contributed by atoms with E-state index in [2.05, 4.69) is 49.2 Å². The van der Waals surface area contributed by atoms with Crippen LogP contribution in [0, 0.1) is 6.92 Å². The van der Waals surface area contributed by atoms with Gasteiger partial charge < -0.3 is 15.0 Å². The Bertz CT molecular complexity index is 534. The van der Waals surface area contributed by atoms with Gasteiger partial charge in [0.1, 0.15) is 5.75 Å². The lowest BCUT2D eigenvalue weighted by Gasteiger charge is -2.32. The number of amides is 1. The zero-order valence-corrected chi connectivity index (χ0v) is 15.6. The molecule has 1 heterocycles. The number of nitrogens with one attached hydrogen (secondary N) is 1. The van der Waals surface area contributed by atoms with Crippen molar-refractivity contribution in [3.8, 4) is 5.75 Å². The van der Waals surface area contributed by atoms with Crippen molar-refractivity contribution in [2.45, 2.75) is 58.9 Å². The first-order valence-electron chi connectivity index (χ1n) is 9.24. The summed E-state index contributed by atoms with van der Waals surface area (Å²) in [5.74, 6) is 1.25. The highest BCUT2D eigenvalue weighted by Gasteiger charge is 2.20. The van der Waals surface area contributed by atoms with Gasteiger partial charge >= 0.3 is 0 Å². The molecule has 1 N–H and O–H groups in total. The minimum atomic E-state index is -0.0155. The van der Waals surface area contributed by atoms with Crippen LogP contribution < -0.4 is 10.1 Å². The highest BCUT2D eigenvalue weighted by molar-refractivity contribution is 5.77. The maximum atomic E-state index is 12.2. The van der Waals surface area contributed by atoms with Crippen LogP contribution in [0.4, 0.5) is 0 Å². The molecule has 1 amide bonds. The number of ether oxygens (including phenoxy) is 1. The monoisotopic (exact) mass is 332 g/mol. The fourth-order valence-corrected chi connectivity index (χ4v) is 3.16. The molecule has 0 unspecified atom stereocenters. The maximum absolute atomic E-state index is 12.2. The molecule has 4 heteroatoms. The number of carbonyl (C=O) groups is 1. The molecule has 1 saturated heterocycles. The number of carbonyl (C=O) groups excluding carboxylic acids is 1. The van der Waals surface area contributed by atoms with E-state index < -0.39 is 0 Å². The lowest BCUT2D eigenvalue weighted by atomic mass is 10.0. The van der Waals surface area contributed by atoms with Crippen molar-refractivity contribution in [1.29, 1.82) is 0 Å². The number of rotatable bonds is 7. The highest BCUT2D eigenvalue weighted by Crippen LogP contribution is 2.24. The van der Waals surface area contributed by atoms with Gasteiger partial charge in [-0.3, -0.25) is 4.79 Å². The van der Waals surface area contributed by atoms with Crippen LogP contribution in [0.5, 0.6) is 5.75 Å². The van der Waals surface area contributed by atoms with Crippen LogP contribution in [0.2, 0.25) is 0 Å². The first-order valence-corrected chi connectivity index (χ1v) is 9.24. The molecule has 0 bridgehead atoms. The summed E-state index contributed by atoms with van der Waals surface area (Å²) < 4.78 is 5.77. The van der Waals surface area contributed by atoms with E-state index in [0.717, 1.165) is 43.8 Å². The van der Waals surface area contributed by atoms with Gasteiger partial charge in [-0.2, -0.15) is 0 Å². The summed E-state index contributed by atoms with van der Waals surface area (Å²) >= 11 is 0. The van der Waals surface area contributed by atoms with Crippen molar-refractivity contribution in [3.05, 3.63) is 29.3 Å². The van der Waals surface area contributed by atoms with E-state index >= 15 is 0 Å². The number of hydrogen-bond acceptors (Lipinski definition) is 3. The van der Waals surface area contributed by atoms with Crippen LogP contribution in [0.25, 0.3) is 0 Å². The molecule has 1 fully saturated rings. The summed E-state index contributed by atoms with van der Waals surface area (Å²) in [5.41, 5.74) is 2.30. The van der Waals surface area contributed by atoms with Crippen LogP contribution in [0.1, 0.15) is 57.1 Å². The number of piperidine rings is 1. The lowest BCUT2D eigenvalue weighted by Crippen LogP contribution is -2.46. The van der Waals surface area contributed by atoms with Gasteiger partial charge in [0.15, 0.2) is 6.61 Å². The van der Waals surface area contributed by atoms with E-state index in [1.54, 1.807) is 0 Å². The largest absolute Gasteiger partial charge is 0.483 e. The molecule has 0 aromatic heterocycles. The number of hydrogen-bond donors (Lipinski definition) is 1. The van der Waals surface area contributed by atoms with Gasteiger partial charge in [-0.05, 0) is 55.8 Å². The Kier molecular flexibility index (Phi) is 7.10. The molecule has 1 aromatic rings. The summed E-state index contributed by atoms with van der Waals surface area (Å²) in [6.07, 6.45) is 3.26. The Hall–Kier alpha value is -1.55. The van der Waals surface area contributed by atoms with E-state index in [1.165, 1.54) is 12.0 Å². The molecule has 0 aliphatic carbocycles. The van der Waals surface area contributed by atoms with Crippen LogP contribution in [0.3, 0.4) is 0 Å². The fraction of sp³-hybridized carbons (Fsp3) is 0.650. The maximum Gasteiger partial charge on any atom is 0.258 e. The zero-order valence-electron chi connectivity index (χ0n) is 15.6. The highest BCUT2D eigenvalue weighted by atomic mass is 16.5. The molecule has 4 nitrogen and oxygen atoms in total. The topological polar surface area (TPSA) is 41.6 Å². The van der Waals surface area contributed by atoms with E-state index in [1.807, 2.05) is 6.92 Å². The van der Waals surface area contributed by atoms with Crippen LogP contribution in [-0.4, -0.2) is 43.1 Å². The number of nitrogens with zero attached hydrogens (tertiary/aromatic N) is 1. The van der Waals surface area contributed by atoms with Gasteiger partial charge in [-0.25, -0.2) is 0 Å². The molecule has 1 aliphatic rings. The van der Waals surface area contributed by atoms with Gasteiger partial charge in [0.2, 0.25) is 0 Å². The van der Waals surface area contributed by atoms with E-state index in [4.69, 9.17) is 4.74 Å². The van der Waals surface area contributed by atoms with Gasteiger partial charge in [0.05, 0.1) is 0 Å². The Morgan fingerprint density at radius 2 is 2.04 bits per heavy atom. The van der Waals surface area contributed by atoms with Crippen molar-refractivity contribution in [1.82, 2.24) is 10.2 Å². The molecular weight excluding hydrogens is 300 g/mol. The molecule has 1 aromatic carbocycles. The molecule has 134 valence electrons. The summed E-state index contributed by atoms with van der Waals surface area (Å²) in [7, 11) is 0. The average Bonchev–Trinajstić information content (AvgIpc) is 2.56. The van der Waals surface area contributed by atoms with Gasteiger partial charge in [-0.1, -0.05) is 32.9 Å². The molecule has 0 radical (unpaired) electrons. The summed E-state index contributed by atoms with van der Waals surface area (Å²) in [4.78, 5) is 14.6. The second-order valence-corrected chi connectivity index (χ2v) is 7.15. The molecule has 24 heavy (non-hydrogen) atoms. The minimum Gasteiger partial charge on any atom is -0.483 e. The molecule has 1 aliphatic heterocycles. The lowest BCUT2D eigenvalue weighted by molar-refractivity contribution is -0.124. The number of benzene rings is 1. The van der Waals surface area contributed by atoms with Crippen molar-refractivity contribution >= 4 is 5.91 Å². The molecule has 0 spiro atoms. The van der Waals surface area contributed by atoms with Crippen LogP contribution in [-0.2, 0) is 4.79 Å². The first-order chi connectivity index (χ1) is 11.5. The van der Waals surface area contributed by atoms with Gasteiger partial charge in [-0.15, -0.1) is 0 Å². The third-order valence-electron chi connectivity index (χ3n) is 4.73. The molecular formula is C20H32N2O2. The Morgan fingerprint density at radius 3 is 2.67 bits per heavy atom. The zero-order chi connectivity index (χ0) is 17.5. The normalized spacial score (nSPS) is 16.4. The smallest absolute Gasteiger partial charge is 0.258 e. The van der Waals surface area contributed by atoms with Crippen molar-refractivity contribution in [3.63, 3.8) is 0 Å². The SMILES string of the molecule is CCCN1CCC(NC(=O)COc2cc(C(C)C)ccc2C)CC1. The quantitative estimate of drug-likeness (QED) is 0.831. The Balaban J connectivity index is 1.78. The second-order valence-electron chi connectivity index (χ2n) is 7.15. The predicted molar refractivity (Wildman–Crippen MR) is 98.7 cm³/mol. The van der Waals surface area contributed by atoms with Gasteiger partial charge in [0.25, 0.3) is 5.91 Å². The van der Waals surface area contributed by atoms with Crippen molar-refractivity contribution in [2.24, 2.45) is 0 Å². The molecule has 0 saturated carbocycles. The Morgan fingerprint density at radius 1 is 1.33 bits per heavy atom.